The number of nitrogens with zero attached hydrogens (tertiary/aromatic N) is 2. The van der Waals surface area contributed by atoms with Crippen molar-refractivity contribution in [3.05, 3.63) is 47.5 Å². The van der Waals surface area contributed by atoms with Crippen LogP contribution in [0.1, 0.15) is 96.1 Å². The van der Waals surface area contributed by atoms with E-state index in [2.05, 4.69) is 41.3 Å². The minimum Gasteiger partial charge on any atom is -0.444 e. The van der Waals surface area contributed by atoms with Gasteiger partial charge in [-0.2, -0.15) is 0 Å². The van der Waals surface area contributed by atoms with Crippen LogP contribution in [0, 0.1) is 5.92 Å². The zero-order valence-corrected chi connectivity index (χ0v) is 32.5. The first-order chi connectivity index (χ1) is 26.0. The Hall–Kier alpha value is -3.91. The van der Waals surface area contributed by atoms with Crippen LogP contribution in [0.2, 0.25) is 0 Å². The van der Waals surface area contributed by atoms with Crippen molar-refractivity contribution >= 4 is 45.9 Å². The van der Waals surface area contributed by atoms with Crippen LogP contribution in [-0.2, 0) is 40.6 Å². The lowest BCUT2D eigenvalue weighted by atomic mass is 9.78. The van der Waals surface area contributed by atoms with Crippen LogP contribution in [-0.4, -0.2) is 106 Å². The van der Waals surface area contributed by atoms with Crippen LogP contribution >= 0.6 is 10.7 Å². The summed E-state index contributed by atoms with van der Waals surface area (Å²) in [5.41, 5.74) is 0.796. The first kappa shape index (κ1) is 38.4. The quantitative estimate of drug-likeness (QED) is 0.284. The second kappa shape index (κ2) is 16.1. The predicted molar refractivity (Wildman–Crippen MR) is 205 cm³/mol. The van der Waals surface area contributed by atoms with Crippen molar-refractivity contribution in [1.82, 2.24) is 25.2 Å². The van der Waals surface area contributed by atoms with E-state index < -0.39 is 64.5 Å². The molecule has 5 amide bonds. The highest BCUT2D eigenvalue weighted by molar-refractivity contribution is 8.14. The van der Waals surface area contributed by atoms with E-state index >= 15 is 0 Å². The largest absolute Gasteiger partial charge is 0.444 e. The lowest BCUT2D eigenvalue weighted by molar-refractivity contribution is -0.141. The monoisotopic (exact) mass is 765 g/mol. The van der Waals surface area contributed by atoms with Crippen molar-refractivity contribution in [2.45, 2.75) is 132 Å². The molecule has 2 aliphatic carbocycles. The normalized spacial score (nSPS) is 32.1. The zero-order chi connectivity index (χ0) is 38.0. The Labute approximate surface area is 320 Å². The minimum absolute atomic E-state index is 0.0291. The van der Waals surface area contributed by atoms with E-state index in [9.17, 15) is 24.0 Å². The van der Waals surface area contributed by atoms with E-state index in [1.54, 1.807) is 4.90 Å². The number of alkyl carbamates (subject to hydrolysis) is 1. The number of hydrogen-bond acceptors (Lipinski definition) is 8. The lowest BCUT2D eigenvalue weighted by Crippen LogP contribution is -2.57. The van der Waals surface area contributed by atoms with Crippen LogP contribution in [0.5, 0.6) is 0 Å². The number of allylic oxidation sites excluding steroid dienone is 1. The lowest BCUT2D eigenvalue weighted by Gasteiger charge is -2.39. The maximum absolute atomic E-state index is 14.5. The van der Waals surface area contributed by atoms with Crippen LogP contribution in [0.3, 0.4) is 0 Å². The van der Waals surface area contributed by atoms with E-state index in [4.69, 9.17) is 14.2 Å². The van der Waals surface area contributed by atoms with Gasteiger partial charge >= 0.3 is 12.2 Å². The van der Waals surface area contributed by atoms with E-state index in [1.807, 2.05) is 36.6 Å². The van der Waals surface area contributed by atoms with Crippen LogP contribution in [0.25, 0.3) is 0 Å². The number of amides is 5. The SMILES string of the molecule is C/C=S(/NC(=O)[C@@]12C[C@H]1/C=C\CCCCC[C@H](NC(=O)O[C@H]1CCOC1)C(=O)N1C[C@H](OC(=O)N3Cc4ccccc4C(C)(C)C3)C[C@H]1C(=O)N2)C1CC1. The zero-order valence-electron chi connectivity index (χ0n) is 31.7. The van der Waals surface area contributed by atoms with Crippen molar-refractivity contribution in [3.8, 4) is 0 Å². The number of ether oxygens (including phenoxy) is 3. The highest BCUT2D eigenvalue weighted by atomic mass is 32.2. The van der Waals surface area contributed by atoms with Gasteiger partial charge in [0.05, 0.1) is 19.8 Å². The Bertz CT molecular complexity index is 1690. The summed E-state index contributed by atoms with van der Waals surface area (Å²) in [7, 11) is -0.390. The first-order valence-corrected chi connectivity index (χ1v) is 21.0. The van der Waals surface area contributed by atoms with Crippen LogP contribution in [0.15, 0.2) is 36.4 Å². The van der Waals surface area contributed by atoms with Gasteiger partial charge in [-0.1, -0.05) is 73.8 Å². The molecule has 6 aliphatic rings. The van der Waals surface area contributed by atoms with Gasteiger partial charge in [-0.05, 0) is 61.9 Å². The number of rotatable bonds is 6. The van der Waals surface area contributed by atoms with Gasteiger partial charge in [0.2, 0.25) is 11.8 Å². The summed E-state index contributed by atoms with van der Waals surface area (Å²) in [5.74, 6) is -1.32. The average molecular weight is 766 g/mol. The van der Waals surface area contributed by atoms with E-state index in [0.29, 0.717) is 57.2 Å². The van der Waals surface area contributed by atoms with Crippen molar-refractivity contribution in [1.29, 1.82) is 0 Å². The molecule has 294 valence electrons. The molecule has 54 heavy (non-hydrogen) atoms. The number of fused-ring (bicyclic) bond motifs is 3. The summed E-state index contributed by atoms with van der Waals surface area (Å²) in [6.07, 6.45) is 8.45. The fraction of sp³-hybridized carbons (Fsp3) is 0.650. The third-order valence-corrected chi connectivity index (χ3v) is 13.8. The standard InChI is InChI=1S/C40H55N5O8S/c1-4-54(30-16-17-30)43-36(48)40-21-27(40)13-8-6-5-7-9-15-32(41-37(49)52-28-18-19-51-24-28)35(47)45-23-29(20-33(45)34(46)42-40)53-38(50)44-22-26-12-10-11-14-31(26)39(2,3)25-44/h4,8,10-14,27-30,32-33H,5-7,9,15-25H2,1-3H3,(H,41,49)(H,42,46)(H,43,48)/b13-8-/t27-,28+,29-,32+,33+,40-,54?/m1/s1. The van der Waals surface area contributed by atoms with Crippen molar-refractivity contribution in [2.75, 3.05) is 26.3 Å². The number of nitrogens with one attached hydrogen (secondary N) is 3. The molecule has 4 fully saturated rings. The smallest absolute Gasteiger partial charge is 0.410 e. The second-order valence-corrected chi connectivity index (χ2v) is 18.4. The molecule has 1 aromatic carbocycles. The molecule has 2 saturated carbocycles. The van der Waals surface area contributed by atoms with Crippen molar-refractivity contribution < 1.29 is 38.2 Å². The molecular formula is C40H55N5O8S. The summed E-state index contributed by atoms with van der Waals surface area (Å²) < 4.78 is 20.2. The molecule has 1 unspecified atom stereocenters. The Balaban J connectivity index is 1.13. The third-order valence-electron chi connectivity index (χ3n) is 11.7. The van der Waals surface area contributed by atoms with E-state index in [-0.39, 0.29) is 30.2 Å². The van der Waals surface area contributed by atoms with Crippen LogP contribution in [0.4, 0.5) is 9.59 Å². The Morgan fingerprint density at radius 1 is 1.04 bits per heavy atom. The summed E-state index contributed by atoms with van der Waals surface area (Å²) in [4.78, 5) is 72.9. The highest BCUT2D eigenvalue weighted by Gasteiger charge is 2.61. The molecule has 1 aromatic rings. The van der Waals surface area contributed by atoms with Crippen molar-refractivity contribution in [3.63, 3.8) is 0 Å². The van der Waals surface area contributed by atoms with Crippen molar-refractivity contribution in [2.24, 2.45) is 5.92 Å². The van der Waals surface area contributed by atoms with Gasteiger partial charge in [-0.25, -0.2) is 9.59 Å². The molecule has 4 aliphatic heterocycles. The summed E-state index contributed by atoms with van der Waals surface area (Å²) in [6.45, 7) is 7.75. The Morgan fingerprint density at radius 3 is 2.61 bits per heavy atom. The van der Waals surface area contributed by atoms with Gasteiger partial charge in [-0.15, -0.1) is 0 Å². The summed E-state index contributed by atoms with van der Waals surface area (Å²) >= 11 is 0. The first-order valence-electron chi connectivity index (χ1n) is 19.7. The molecule has 7 atom stereocenters. The summed E-state index contributed by atoms with van der Waals surface area (Å²) in [6, 6.07) is 6.07. The fourth-order valence-corrected chi connectivity index (χ4v) is 10.2. The van der Waals surface area contributed by atoms with Gasteiger partial charge in [-0.3, -0.25) is 14.4 Å². The molecular weight excluding hydrogens is 711 g/mol. The van der Waals surface area contributed by atoms with Gasteiger partial charge in [0, 0.05) is 42.5 Å². The Morgan fingerprint density at radius 2 is 1.85 bits per heavy atom. The van der Waals surface area contributed by atoms with Crippen LogP contribution < -0.4 is 15.4 Å². The fourth-order valence-electron chi connectivity index (χ4n) is 8.44. The maximum atomic E-state index is 14.5. The molecule has 13 nitrogen and oxygen atoms in total. The topological polar surface area (TPSA) is 156 Å². The number of carbonyl (C=O) groups excluding carboxylic acids is 5. The number of carbonyl (C=O) groups is 5. The van der Waals surface area contributed by atoms with Gasteiger partial charge in [0.15, 0.2) is 0 Å². The molecule has 0 bridgehead atoms. The highest BCUT2D eigenvalue weighted by Crippen LogP contribution is 2.47. The summed E-state index contributed by atoms with van der Waals surface area (Å²) in [5, 5.41) is 8.35. The molecule has 14 heteroatoms. The molecule has 0 spiro atoms. The number of hydrogen-bond donors (Lipinski definition) is 3. The minimum atomic E-state index is -1.14. The molecule has 4 heterocycles. The molecule has 0 radical (unpaired) electrons. The maximum Gasteiger partial charge on any atom is 0.410 e. The van der Waals surface area contributed by atoms with E-state index in [1.165, 1.54) is 10.5 Å². The predicted octanol–water partition coefficient (Wildman–Crippen LogP) is 4.45. The third kappa shape index (κ3) is 8.49. The van der Waals surface area contributed by atoms with Gasteiger partial charge < -0.3 is 39.4 Å². The van der Waals surface area contributed by atoms with Gasteiger partial charge in [0.1, 0.15) is 29.8 Å². The van der Waals surface area contributed by atoms with Gasteiger partial charge in [0.25, 0.3) is 5.91 Å². The molecule has 0 aromatic heterocycles. The average Bonchev–Trinajstić information content (AvgIpc) is 4.00. The Kier molecular flexibility index (Phi) is 11.4. The number of benzene rings is 1. The second-order valence-electron chi connectivity index (χ2n) is 16.3. The molecule has 2 saturated heterocycles. The van der Waals surface area contributed by atoms with E-state index in [0.717, 1.165) is 37.7 Å². The molecule has 3 N–H and O–H groups in total. The molecule has 7 rings (SSSR count).